The highest BCUT2D eigenvalue weighted by molar-refractivity contribution is 9.10. The Bertz CT molecular complexity index is 740. The molecule has 0 fully saturated rings. The second-order valence-electron chi connectivity index (χ2n) is 4.02. The zero-order valence-electron chi connectivity index (χ0n) is 11.0. The molecule has 0 atom stereocenters. The third-order valence-electron chi connectivity index (χ3n) is 2.70. The highest BCUT2D eigenvalue weighted by atomic mass is 79.9. The number of hydrogen-bond acceptors (Lipinski definition) is 4. The molecule has 0 aromatic heterocycles. The first-order valence-corrected chi connectivity index (χ1v) is 7.45. The Hall–Kier alpha value is -1.97. The minimum absolute atomic E-state index is 0.190. The number of ether oxygens (including phenoxy) is 1. The lowest BCUT2D eigenvalue weighted by atomic mass is 10.2. The number of carboxylic acid groups (broad SMARTS) is 1. The minimum Gasteiger partial charge on any atom is -0.497 e. The molecule has 0 spiro atoms. The third-order valence-corrected chi connectivity index (χ3v) is 4.31. The maximum Gasteiger partial charge on any atom is 0.336 e. The first-order chi connectivity index (χ1) is 10.0. The topological polar surface area (TPSA) is 70.3 Å². The summed E-state index contributed by atoms with van der Waals surface area (Å²) >= 11 is 4.55. The van der Waals surface area contributed by atoms with E-state index in [9.17, 15) is 9.90 Å². The molecule has 0 unspecified atom stereocenters. The normalized spacial score (nSPS) is 9.95. The Kier molecular flexibility index (Phi) is 4.89. The van der Waals surface area contributed by atoms with Crippen LogP contribution < -0.4 is 4.74 Å². The predicted molar refractivity (Wildman–Crippen MR) is 82.9 cm³/mol. The number of methoxy groups -OCH3 is 1. The average molecular weight is 364 g/mol. The molecule has 4 nitrogen and oxygen atoms in total. The number of halogens is 1. The molecular formula is C15H10BrNO3S. The van der Waals surface area contributed by atoms with Crippen molar-refractivity contribution < 1.29 is 14.6 Å². The van der Waals surface area contributed by atoms with Gasteiger partial charge in [-0.05, 0) is 36.4 Å². The van der Waals surface area contributed by atoms with Crippen molar-refractivity contribution in [3.63, 3.8) is 0 Å². The standard InChI is InChI=1S/C15H10BrNO3S/c1-20-11-4-2-9(8-17)13(7-11)21-14-6-10(16)3-5-12(14)15(18)19/h2-7H,1H3,(H,18,19). The highest BCUT2D eigenvalue weighted by Gasteiger charge is 2.14. The van der Waals surface area contributed by atoms with Gasteiger partial charge in [-0.25, -0.2) is 4.79 Å². The van der Waals surface area contributed by atoms with E-state index in [0.717, 1.165) is 4.47 Å². The molecule has 6 heteroatoms. The number of hydrogen-bond donors (Lipinski definition) is 1. The van der Waals surface area contributed by atoms with Gasteiger partial charge < -0.3 is 9.84 Å². The smallest absolute Gasteiger partial charge is 0.336 e. The monoisotopic (exact) mass is 363 g/mol. The fourth-order valence-corrected chi connectivity index (χ4v) is 3.28. The van der Waals surface area contributed by atoms with Crippen molar-refractivity contribution in [1.82, 2.24) is 0 Å². The summed E-state index contributed by atoms with van der Waals surface area (Å²) in [5, 5.41) is 18.4. The van der Waals surface area contributed by atoms with Gasteiger partial charge in [-0.3, -0.25) is 0 Å². The van der Waals surface area contributed by atoms with Crippen molar-refractivity contribution in [2.75, 3.05) is 7.11 Å². The van der Waals surface area contributed by atoms with E-state index in [4.69, 9.17) is 10.00 Å². The second-order valence-corrected chi connectivity index (χ2v) is 6.02. The van der Waals surface area contributed by atoms with Crippen molar-refractivity contribution in [3.8, 4) is 11.8 Å². The van der Waals surface area contributed by atoms with Gasteiger partial charge in [-0.1, -0.05) is 27.7 Å². The Morgan fingerprint density at radius 1 is 1.29 bits per heavy atom. The lowest BCUT2D eigenvalue weighted by Gasteiger charge is -2.09. The molecule has 2 rings (SSSR count). The maximum atomic E-state index is 11.3. The Balaban J connectivity index is 2.49. The molecule has 0 bridgehead atoms. The number of benzene rings is 2. The summed E-state index contributed by atoms with van der Waals surface area (Å²) in [4.78, 5) is 12.5. The van der Waals surface area contributed by atoms with Gasteiger partial charge >= 0.3 is 5.97 Å². The molecule has 0 saturated carbocycles. The number of rotatable bonds is 4. The van der Waals surface area contributed by atoms with E-state index >= 15 is 0 Å². The lowest BCUT2D eigenvalue weighted by Crippen LogP contribution is -1.98. The van der Waals surface area contributed by atoms with Crippen molar-refractivity contribution in [2.45, 2.75) is 9.79 Å². The van der Waals surface area contributed by atoms with E-state index in [2.05, 4.69) is 22.0 Å². The van der Waals surface area contributed by atoms with E-state index < -0.39 is 5.97 Å². The zero-order valence-corrected chi connectivity index (χ0v) is 13.4. The summed E-state index contributed by atoms with van der Waals surface area (Å²) in [7, 11) is 1.54. The summed E-state index contributed by atoms with van der Waals surface area (Å²) in [5.41, 5.74) is 0.659. The molecule has 21 heavy (non-hydrogen) atoms. The van der Waals surface area contributed by atoms with Gasteiger partial charge in [0.25, 0.3) is 0 Å². The third kappa shape index (κ3) is 3.57. The summed E-state index contributed by atoms with van der Waals surface area (Å²) in [6.07, 6.45) is 0. The van der Waals surface area contributed by atoms with Crippen molar-refractivity contribution in [3.05, 3.63) is 52.0 Å². The average Bonchev–Trinajstić information content (AvgIpc) is 2.47. The maximum absolute atomic E-state index is 11.3. The van der Waals surface area contributed by atoms with Crippen LogP contribution in [0.5, 0.6) is 5.75 Å². The van der Waals surface area contributed by atoms with Crippen LogP contribution in [0.1, 0.15) is 15.9 Å². The van der Waals surface area contributed by atoms with Crippen LogP contribution in [0.15, 0.2) is 50.7 Å². The largest absolute Gasteiger partial charge is 0.497 e. The van der Waals surface area contributed by atoms with Crippen LogP contribution >= 0.6 is 27.7 Å². The number of nitrogens with zero attached hydrogens (tertiary/aromatic N) is 1. The fraction of sp³-hybridized carbons (Fsp3) is 0.0667. The highest BCUT2D eigenvalue weighted by Crippen LogP contribution is 2.36. The van der Waals surface area contributed by atoms with E-state index in [1.807, 2.05) is 0 Å². The molecule has 0 aliphatic rings. The lowest BCUT2D eigenvalue weighted by molar-refractivity contribution is 0.0693. The SMILES string of the molecule is COc1ccc(C#N)c(Sc2cc(Br)ccc2C(=O)O)c1. The molecule has 1 N–H and O–H groups in total. The van der Waals surface area contributed by atoms with Gasteiger partial charge in [-0.15, -0.1) is 0 Å². The van der Waals surface area contributed by atoms with Crippen LogP contribution in [0.2, 0.25) is 0 Å². The summed E-state index contributed by atoms with van der Waals surface area (Å²) in [5.74, 6) is -0.394. The van der Waals surface area contributed by atoms with E-state index in [0.29, 0.717) is 21.1 Å². The van der Waals surface area contributed by atoms with Gasteiger partial charge in [-0.2, -0.15) is 5.26 Å². The van der Waals surface area contributed by atoms with Crippen molar-refractivity contribution in [2.24, 2.45) is 0 Å². The Morgan fingerprint density at radius 3 is 2.67 bits per heavy atom. The number of aromatic carboxylic acids is 1. The van der Waals surface area contributed by atoms with Crippen LogP contribution in [0, 0.1) is 11.3 Å². The van der Waals surface area contributed by atoms with Crippen LogP contribution in [0.3, 0.4) is 0 Å². The Labute approximate surface area is 134 Å². The number of carboxylic acids is 1. The summed E-state index contributed by atoms with van der Waals surface area (Å²) < 4.78 is 5.92. The molecule has 0 radical (unpaired) electrons. The van der Waals surface area contributed by atoms with Crippen molar-refractivity contribution in [1.29, 1.82) is 5.26 Å². The molecule has 0 saturated heterocycles. The molecule has 0 aliphatic carbocycles. The molecule has 0 aliphatic heterocycles. The molecule has 106 valence electrons. The van der Waals surface area contributed by atoms with Crippen LogP contribution in [0.4, 0.5) is 0 Å². The number of carbonyl (C=O) groups is 1. The Morgan fingerprint density at radius 2 is 2.05 bits per heavy atom. The first-order valence-electron chi connectivity index (χ1n) is 5.84. The second kappa shape index (κ2) is 6.66. The molecular weight excluding hydrogens is 354 g/mol. The van der Waals surface area contributed by atoms with Gasteiger partial charge in [0.05, 0.1) is 18.2 Å². The van der Waals surface area contributed by atoms with E-state index in [1.54, 1.807) is 30.3 Å². The van der Waals surface area contributed by atoms with Crippen LogP contribution in [-0.2, 0) is 0 Å². The van der Waals surface area contributed by atoms with Crippen molar-refractivity contribution >= 4 is 33.7 Å². The fourth-order valence-electron chi connectivity index (χ4n) is 1.68. The number of nitriles is 1. The van der Waals surface area contributed by atoms with Gasteiger partial charge in [0.15, 0.2) is 0 Å². The summed E-state index contributed by atoms with van der Waals surface area (Å²) in [6.45, 7) is 0. The van der Waals surface area contributed by atoms with Gasteiger partial charge in [0.1, 0.15) is 11.8 Å². The van der Waals surface area contributed by atoms with Crippen LogP contribution in [-0.4, -0.2) is 18.2 Å². The van der Waals surface area contributed by atoms with Gasteiger partial charge in [0, 0.05) is 14.3 Å². The summed E-state index contributed by atoms with van der Waals surface area (Å²) in [6, 6.07) is 12.1. The zero-order chi connectivity index (χ0) is 15.4. The van der Waals surface area contributed by atoms with Crippen LogP contribution in [0.25, 0.3) is 0 Å². The molecule has 0 heterocycles. The predicted octanol–water partition coefficient (Wildman–Crippen LogP) is 4.18. The van der Waals surface area contributed by atoms with E-state index in [-0.39, 0.29) is 5.56 Å². The molecule has 2 aromatic rings. The molecule has 0 amide bonds. The molecule has 2 aromatic carbocycles. The van der Waals surface area contributed by atoms with Gasteiger partial charge in [0.2, 0.25) is 0 Å². The minimum atomic E-state index is -1.01. The van der Waals surface area contributed by atoms with E-state index in [1.165, 1.54) is 24.9 Å². The first kappa shape index (κ1) is 15.4. The quantitative estimate of drug-likeness (QED) is 0.881.